The first-order valence-electron chi connectivity index (χ1n) is 5.20. The first-order valence-corrected chi connectivity index (χ1v) is 5.20. The minimum atomic E-state index is -0.476. The van der Waals surface area contributed by atoms with E-state index < -0.39 is 6.09 Å². The molecule has 15 heavy (non-hydrogen) atoms. The molecule has 0 aromatic carbocycles. The van der Waals surface area contributed by atoms with Gasteiger partial charge in [-0.2, -0.15) is 0 Å². The van der Waals surface area contributed by atoms with Crippen LogP contribution in [0.2, 0.25) is 0 Å². The fraction of sp³-hybridized carbons (Fsp3) is 0.727. The molecule has 0 unspecified atom stereocenters. The van der Waals surface area contributed by atoms with E-state index in [1.54, 1.807) is 0 Å². The zero-order chi connectivity index (χ0) is 11.7. The van der Waals surface area contributed by atoms with Gasteiger partial charge in [-0.1, -0.05) is 13.5 Å². The molecule has 0 saturated carbocycles. The Hall–Kier alpha value is -1.03. The van der Waals surface area contributed by atoms with Crippen molar-refractivity contribution in [2.24, 2.45) is 0 Å². The van der Waals surface area contributed by atoms with Crippen molar-refractivity contribution in [2.45, 2.75) is 39.2 Å². The first kappa shape index (κ1) is 14.0. The maximum Gasteiger partial charge on any atom is 0.411 e. The second-order valence-corrected chi connectivity index (χ2v) is 3.84. The van der Waals surface area contributed by atoms with Crippen LogP contribution < -0.4 is 5.32 Å². The summed E-state index contributed by atoms with van der Waals surface area (Å²) in [6.45, 7) is 10.5. The van der Waals surface area contributed by atoms with Crippen LogP contribution in [-0.2, 0) is 9.47 Å². The van der Waals surface area contributed by atoms with Gasteiger partial charge >= 0.3 is 6.09 Å². The Morgan fingerprint density at radius 3 is 2.67 bits per heavy atom. The van der Waals surface area contributed by atoms with Crippen molar-refractivity contribution in [2.75, 3.05) is 13.2 Å². The molecule has 0 aliphatic carbocycles. The maximum absolute atomic E-state index is 10.9. The lowest BCUT2D eigenvalue weighted by molar-refractivity contribution is -0.0334. The standard InChI is InChI=1S/C11H21NO3/c1-5-8-15-11(3,4)7-9-14-10(13)12-6-2/h6H,2,5,7-9H2,1,3-4H3,(H,12,13). The van der Waals surface area contributed by atoms with Crippen molar-refractivity contribution in [1.29, 1.82) is 0 Å². The van der Waals surface area contributed by atoms with Gasteiger partial charge in [-0.3, -0.25) is 5.32 Å². The summed E-state index contributed by atoms with van der Waals surface area (Å²) >= 11 is 0. The van der Waals surface area contributed by atoms with E-state index in [-0.39, 0.29) is 5.60 Å². The topological polar surface area (TPSA) is 47.6 Å². The highest BCUT2D eigenvalue weighted by Gasteiger charge is 2.18. The predicted octanol–water partition coefficient (Wildman–Crippen LogP) is 2.45. The largest absolute Gasteiger partial charge is 0.449 e. The molecule has 0 aromatic heterocycles. The van der Waals surface area contributed by atoms with Crippen molar-refractivity contribution >= 4 is 6.09 Å². The number of hydrogen-bond donors (Lipinski definition) is 1. The summed E-state index contributed by atoms with van der Waals surface area (Å²) in [6, 6.07) is 0. The summed E-state index contributed by atoms with van der Waals surface area (Å²) in [6.07, 6.45) is 2.48. The number of carbonyl (C=O) groups excluding carboxylic acids is 1. The molecule has 0 spiro atoms. The van der Waals surface area contributed by atoms with Gasteiger partial charge in [-0.15, -0.1) is 0 Å². The van der Waals surface area contributed by atoms with E-state index in [4.69, 9.17) is 9.47 Å². The number of alkyl carbamates (subject to hydrolysis) is 1. The van der Waals surface area contributed by atoms with Gasteiger partial charge in [0.15, 0.2) is 0 Å². The molecule has 0 rings (SSSR count). The number of hydrogen-bond acceptors (Lipinski definition) is 3. The summed E-state index contributed by atoms with van der Waals surface area (Å²) in [7, 11) is 0. The number of ether oxygens (including phenoxy) is 2. The molecule has 4 nitrogen and oxygen atoms in total. The van der Waals surface area contributed by atoms with Crippen molar-refractivity contribution in [3.63, 3.8) is 0 Å². The predicted molar refractivity (Wildman–Crippen MR) is 59.6 cm³/mol. The third kappa shape index (κ3) is 8.00. The van der Waals surface area contributed by atoms with Crippen LogP contribution in [-0.4, -0.2) is 24.9 Å². The lowest BCUT2D eigenvalue weighted by Gasteiger charge is -2.24. The zero-order valence-electron chi connectivity index (χ0n) is 9.84. The van der Waals surface area contributed by atoms with E-state index in [1.807, 2.05) is 13.8 Å². The molecule has 0 heterocycles. The molecule has 0 aliphatic heterocycles. The van der Waals surface area contributed by atoms with Crippen molar-refractivity contribution in [3.05, 3.63) is 12.8 Å². The second-order valence-electron chi connectivity index (χ2n) is 3.84. The SMILES string of the molecule is C=CNC(=O)OCCC(C)(C)OCCC. The number of carbonyl (C=O) groups is 1. The van der Waals surface area contributed by atoms with E-state index in [1.165, 1.54) is 6.20 Å². The van der Waals surface area contributed by atoms with Crippen molar-refractivity contribution in [1.82, 2.24) is 5.32 Å². The molecular formula is C11H21NO3. The van der Waals surface area contributed by atoms with Crippen LogP contribution in [0.1, 0.15) is 33.6 Å². The molecule has 88 valence electrons. The van der Waals surface area contributed by atoms with Crippen LogP contribution in [0.5, 0.6) is 0 Å². The molecular weight excluding hydrogens is 194 g/mol. The Bertz CT molecular complexity index is 202. The molecule has 0 fully saturated rings. The van der Waals surface area contributed by atoms with Gasteiger partial charge in [0, 0.05) is 13.0 Å². The lowest BCUT2D eigenvalue weighted by Crippen LogP contribution is -2.28. The number of amides is 1. The summed E-state index contributed by atoms with van der Waals surface area (Å²) < 4.78 is 10.5. The highest BCUT2D eigenvalue weighted by atomic mass is 16.6. The van der Waals surface area contributed by atoms with E-state index in [0.29, 0.717) is 13.0 Å². The number of rotatable bonds is 7. The van der Waals surface area contributed by atoms with E-state index in [0.717, 1.165) is 13.0 Å². The van der Waals surface area contributed by atoms with Gasteiger partial charge in [-0.05, 0) is 26.5 Å². The van der Waals surface area contributed by atoms with Crippen LogP contribution in [0.4, 0.5) is 4.79 Å². The molecule has 0 aliphatic rings. The first-order chi connectivity index (χ1) is 7.02. The van der Waals surface area contributed by atoms with Crippen LogP contribution >= 0.6 is 0 Å². The smallest absolute Gasteiger partial charge is 0.411 e. The molecule has 0 atom stereocenters. The lowest BCUT2D eigenvalue weighted by atomic mass is 10.1. The summed E-state index contributed by atoms with van der Waals surface area (Å²) in [4.78, 5) is 10.9. The second kappa shape index (κ2) is 7.29. The molecule has 0 radical (unpaired) electrons. The van der Waals surface area contributed by atoms with Gasteiger partial charge in [0.25, 0.3) is 0 Å². The van der Waals surface area contributed by atoms with Gasteiger partial charge in [0.1, 0.15) is 0 Å². The van der Waals surface area contributed by atoms with Crippen LogP contribution in [0, 0.1) is 0 Å². The molecule has 0 saturated heterocycles. The monoisotopic (exact) mass is 215 g/mol. The fourth-order valence-electron chi connectivity index (χ4n) is 0.965. The average Bonchev–Trinajstić information content (AvgIpc) is 2.15. The van der Waals surface area contributed by atoms with Gasteiger partial charge in [0.05, 0.1) is 12.2 Å². The third-order valence-corrected chi connectivity index (χ3v) is 1.85. The highest BCUT2D eigenvalue weighted by molar-refractivity contribution is 5.68. The van der Waals surface area contributed by atoms with E-state index in [2.05, 4.69) is 18.8 Å². The Morgan fingerprint density at radius 1 is 1.47 bits per heavy atom. The van der Waals surface area contributed by atoms with Crippen LogP contribution in [0.3, 0.4) is 0 Å². The number of nitrogens with one attached hydrogen (secondary N) is 1. The van der Waals surface area contributed by atoms with Gasteiger partial charge in [0.2, 0.25) is 0 Å². The minimum absolute atomic E-state index is 0.246. The highest BCUT2D eigenvalue weighted by Crippen LogP contribution is 2.14. The van der Waals surface area contributed by atoms with Gasteiger partial charge < -0.3 is 9.47 Å². The maximum atomic E-state index is 10.9. The van der Waals surface area contributed by atoms with Crippen molar-refractivity contribution in [3.8, 4) is 0 Å². The quantitative estimate of drug-likeness (QED) is 0.709. The molecule has 4 heteroatoms. The third-order valence-electron chi connectivity index (χ3n) is 1.85. The molecule has 1 amide bonds. The summed E-state index contributed by atoms with van der Waals surface area (Å²) in [5.41, 5.74) is -0.246. The van der Waals surface area contributed by atoms with Crippen molar-refractivity contribution < 1.29 is 14.3 Å². The normalized spacial score (nSPS) is 10.9. The minimum Gasteiger partial charge on any atom is -0.449 e. The molecule has 1 N–H and O–H groups in total. The average molecular weight is 215 g/mol. The van der Waals surface area contributed by atoms with E-state index in [9.17, 15) is 4.79 Å². The fourth-order valence-corrected chi connectivity index (χ4v) is 0.965. The Morgan fingerprint density at radius 2 is 2.13 bits per heavy atom. The summed E-state index contributed by atoms with van der Waals surface area (Å²) in [5, 5.41) is 2.34. The Labute approximate surface area is 91.6 Å². The summed E-state index contributed by atoms with van der Waals surface area (Å²) in [5.74, 6) is 0. The Balaban J connectivity index is 3.64. The Kier molecular flexibility index (Phi) is 6.79. The zero-order valence-corrected chi connectivity index (χ0v) is 9.84. The van der Waals surface area contributed by atoms with Crippen LogP contribution in [0.15, 0.2) is 12.8 Å². The van der Waals surface area contributed by atoms with E-state index >= 15 is 0 Å². The van der Waals surface area contributed by atoms with Gasteiger partial charge in [-0.25, -0.2) is 4.79 Å². The molecule has 0 bridgehead atoms. The van der Waals surface area contributed by atoms with Crippen LogP contribution in [0.25, 0.3) is 0 Å². The molecule has 0 aromatic rings.